The second-order valence-electron chi connectivity index (χ2n) is 4.38. The molecule has 1 N–H and O–H groups in total. The number of nitrogens with one attached hydrogen (secondary N) is 1. The number of thiophene rings is 2. The standard InChI is InChI=1S/C13H15N3OS2/c1-3-5-14-8(2)12-15-16-13(17-12)11-7-10-9(19-11)4-6-18-10/h4,6-8,14H,3,5H2,1-2H3. The minimum Gasteiger partial charge on any atom is -0.418 e. The van der Waals surface area contributed by atoms with Gasteiger partial charge in [0.25, 0.3) is 5.89 Å². The van der Waals surface area contributed by atoms with Crippen LogP contribution >= 0.6 is 22.7 Å². The summed E-state index contributed by atoms with van der Waals surface area (Å²) in [6, 6.07) is 4.34. The lowest BCUT2D eigenvalue weighted by Gasteiger charge is -2.07. The predicted octanol–water partition coefficient (Wildman–Crippen LogP) is 4.07. The number of fused-ring (bicyclic) bond motifs is 1. The Morgan fingerprint density at radius 2 is 2.26 bits per heavy atom. The molecule has 100 valence electrons. The van der Waals surface area contributed by atoms with Crippen molar-refractivity contribution in [1.29, 1.82) is 0 Å². The van der Waals surface area contributed by atoms with E-state index in [4.69, 9.17) is 4.42 Å². The maximum absolute atomic E-state index is 5.76. The third kappa shape index (κ3) is 2.56. The fraction of sp³-hybridized carbons (Fsp3) is 0.385. The molecule has 0 saturated heterocycles. The van der Waals surface area contributed by atoms with Crippen molar-refractivity contribution in [1.82, 2.24) is 15.5 Å². The number of hydrogen-bond acceptors (Lipinski definition) is 6. The van der Waals surface area contributed by atoms with E-state index in [0.717, 1.165) is 17.8 Å². The van der Waals surface area contributed by atoms with Crippen LogP contribution in [0.4, 0.5) is 0 Å². The largest absolute Gasteiger partial charge is 0.418 e. The number of aromatic nitrogens is 2. The first-order valence-corrected chi connectivity index (χ1v) is 8.01. The highest BCUT2D eigenvalue weighted by atomic mass is 32.1. The van der Waals surface area contributed by atoms with Gasteiger partial charge in [0.05, 0.1) is 10.9 Å². The van der Waals surface area contributed by atoms with Gasteiger partial charge in [-0.1, -0.05) is 6.92 Å². The molecule has 0 amide bonds. The topological polar surface area (TPSA) is 51.0 Å². The second kappa shape index (κ2) is 5.40. The van der Waals surface area contributed by atoms with E-state index in [1.807, 2.05) is 6.92 Å². The van der Waals surface area contributed by atoms with Gasteiger partial charge in [-0.25, -0.2) is 0 Å². The van der Waals surface area contributed by atoms with Crippen LogP contribution in [0.1, 0.15) is 32.2 Å². The Morgan fingerprint density at radius 1 is 1.37 bits per heavy atom. The van der Waals surface area contributed by atoms with Gasteiger partial charge in [-0.3, -0.25) is 0 Å². The third-order valence-corrected chi connectivity index (χ3v) is 4.94. The summed E-state index contributed by atoms with van der Waals surface area (Å²) in [4.78, 5) is 1.04. The lowest BCUT2D eigenvalue weighted by molar-refractivity contribution is 0.423. The molecule has 3 heterocycles. The van der Waals surface area contributed by atoms with Crippen molar-refractivity contribution in [3.63, 3.8) is 0 Å². The Bertz CT molecular complexity index is 642. The fourth-order valence-electron chi connectivity index (χ4n) is 1.83. The second-order valence-corrected chi connectivity index (χ2v) is 6.41. The van der Waals surface area contributed by atoms with Crippen molar-refractivity contribution >= 4 is 32.1 Å². The molecular weight excluding hydrogens is 278 g/mol. The monoisotopic (exact) mass is 293 g/mol. The van der Waals surface area contributed by atoms with Gasteiger partial charge in [-0.15, -0.1) is 32.9 Å². The Labute approximate surface area is 119 Å². The first-order chi connectivity index (χ1) is 9.28. The molecule has 0 aliphatic carbocycles. The summed E-state index contributed by atoms with van der Waals surface area (Å²) in [6.07, 6.45) is 1.09. The smallest absolute Gasteiger partial charge is 0.257 e. The molecule has 0 saturated carbocycles. The van der Waals surface area contributed by atoms with E-state index in [2.05, 4.69) is 40.0 Å². The summed E-state index contributed by atoms with van der Waals surface area (Å²) < 4.78 is 8.31. The van der Waals surface area contributed by atoms with Gasteiger partial charge in [0.15, 0.2) is 0 Å². The zero-order valence-corrected chi connectivity index (χ0v) is 12.5. The van der Waals surface area contributed by atoms with Crippen LogP contribution in [0.15, 0.2) is 21.9 Å². The van der Waals surface area contributed by atoms with E-state index in [1.54, 1.807) is 22.7 Å². The maximum atomic E-state index is 5.76. The van der Waals surface area contributed by atoms with Gasteiger partial charge < -0.3 is 9.73 Å². The van der Waals surface area contributed by atoms with Crippen LogP contribution in [-0.4, -0.2) is 16.7 Å². The van der Waals surface area contributed by atoms with Crippen LogP contribution in [-0.2, 0) is 0 Å². The zero-order valence-electron chi connectivity index (χ0n) is 10.8. The quantitative estimate of drug-likeness (QED) is 0.770. The highest BCUT2D eigenvalue weighted by Gasteiger charge is 2.16. The van der Waals surface area contributed by atoms with Gasteiger partial charge in [-0.05, 0) is 37.4 Å². The molecule has 0 aromatic carbocycles. The van der Waals surface area contributed by atoms with Gasteiger partial charge in [0.2, 0.25) is 5.89 Å². The average Bonchev–Trinajstić information content (AvgIpc) is 3.08. The van der Waals surface area contributed by atoms with Gasteiger partial charge in [0.1, 0.15) is 0 Å². The minimum atomic E-state index is 0.0993. The molecule has 0 bridgehead atoms. The predicted molar refractivity (Wildman–Crippen MR) is 79.7 cm³/mol. The Morgan fingerprint density at radius 3 is 3.05 bits per heavy atom. The minimum absolute atomic E-state index is 0.0993. The van der Waals surface area contributed by atoms with Crippen LogP contribution in [0.25, 0.3) is 20.2 Å². The molecule has 0 aliphatic rings. The summed E-state index contributed by atoms with van der Waals surface area (Å²) in [6.45, 7) is 5.13. The van der Waals surface area contributed by atoms with Crippen molar-refractivity contribution in [2.75, 3.05) is 6.54 Å². The molecule has 3 aromatic heterocycles. The number of nitrogens with zero attached hydrogens (tertiary/aromatic N) is 2. The van der Waals surface area contributed by atoms with E-state index in [9.17, 15) is 0 Å². The lowest BCUT2D eigenvalue weighted by atomic mass is 10.3. The average molecular weight is 293 g/mol. The van der Waals surface area contributed by atoms with Crippen LogP contribution in [0, 0.1) is 0 Å². The first-order valence-electron chi connectivity index (χ1n) is 6.32. The van der Waals surface area contributed by atoms with Crippen molar-refractivity contribution in [3.05, 3.63) is 23.4 Å². The van der Waals surface area contributed by atoms with Crippen molar-refractivity contribution in [2.45, 2.75) is 26.3 Å². The van der Waals surface area contributed by atoms with Gasteiger partial charge in [-0.2, -0.15) is 0 Å². The van der Waals surface area contributed by atoms with Crippen LogP contribution < -0.4 is 5.32 Å². The van der Waals surface area contributed by atoms with Crippen LogP contribution in [0.5, 0.6) is 0 Å². The fourth-order valence-corrected chi connectivity index (χ4v) is 3.86. The third-order valence-electron chi connectivity index (χ3n) is 2.86. The van der Waals surface area contributed by atoms with Crippen LogP contribution in [0.2, 0.25) is 0 Å². The lowest BCUT2D eigenvalue weighted by Crippen LogP contribution is -2.19. The SMILES string of the molecule is CCCNC(C)c1nnc(-c2cc3sccc3s2)o1. The Kier molecular flexibility index (Phi) is 3.63. The summed E-state index contributed by atoms with van der Waals surface area (Å²) >= 11 is 3.43. The molecule has 0 radical (unpaired) electrons. The molecule has 6 heteroatoms. The first kappa shape index (κ1) is 12.8. The van der Waals surface area contributed by atoms with Crippen molar-refractivity contribution in [2.24, 2.45) is 0 Å². The summed E-state index contributed by atoms with van der Waals surface area (Å²) in [5.41, 5.74) is 0. The highest BCUT2D eigenvalue weighted by Crippen LogP contribution is 2.35. The molecule has 3 rings (SSSR count). The van der Waals surface area contributed by atoms with Gasteiger partial charge in [0, 0.05) is 9.40 Å². The van der Waals surface area contributed by atoms with E-state index in [1.165, 1.54) is 9.40 Å². The van der Waals surface area contributed by atoms with E-state index in [-0.39, 0.29) is 6.04 Å². The van der Waals surface area contributed by atoms with Gasteiger partial charge >= 0.3 is 0 Å². The normalized spacial score (nSPS) is 13.2. The van der Waals surface area contributed by atoms with Crippen LogP contribution in [0.3, 0.4) is 0 Å². The molecule has 19 heavy (non-hydrogen) atoms. The number of hydrogen-bond donors (Lipinski definition) is 1. The van der Waals surface area contributed by atoms with E-state index in [0.29, 0.717) is 11.8 Å². The molecular formula is C13H15N3OS2. The summed E-state index contributed by atoms with van der Waals surface area (Å²) in [5.74, 6) is 1.27. The van der Waals surface area contributed by atoms with Crippen molar-refractivity contribution in [3.8, 4) is 10.8 Å². The molecule has 1 atom stereocenters. The summed E-state index contributed by atoms with van der Waals surface area (Å²) in [5, 5.41) is 13.7. The zero-order chi connectivity index (χ0) is 13.2. The molecule has 0 spiro atoms. The highest BCUT2D eigenvalue weighted by molar-refractivity contribution is 7.28. The number of rotatable bonds is 5. The van der Waals surface area contributed by atoms with E-state index < -0.39 is 0 Å². The molecule has 3 aromatic rings. The maximum Gasteiger partial charge on any atom is 0.257 e. The molecule has 4 nitrogen and oxygen atoms in total. The van der Waals surface area contributed by atoms with E-state index >= 15 is 0 Å². The Hall–Kier alpha value is -1.24. The summed E-state index contributed by atoms with van der Waals surface area (Å²) in [7, 11) is 0. The Balaban J connectivity index is 1.82. The molecule has 0 aliphatic heterocycles. The molecule has 1 unspecified atom stereocenters. The molecule has 0 fully saturated rings. The van der Waals surface area contributed by atoms with Crippen molar-refractivity contribution < 1.29 is 4.42 Å².